The zero-order valence-electron chi connectivity index (χ0n) is 15.6. The quantitative estimate of drug-likeness (QED) is 0.463. The summed E-state index contributed by atoms with van der Waals surface area (Å²) in [6.45, 7) is 9.14. The van der Waals surface area contributed by atoms with Crippen molar-refractivity contribution in [3.8, 4) is 0 Å². The lowest BCUT2D eigenvalue weighted by atomic mass is 9.85. The lowest BCUT2D eigenvalue weighted by Gasteiger charge is -2.20. The average molecular weight is 319 g/mol. The van der Waals surface area contributed by atoms with Crippen molar-refractivity contribution in [2.45, 2.75) is 53.4 Å². The van der Waals surface area contributed by atoms with E-state index >= 15 is 0 Å². The first kappa shape index (κ1) is 18.3. The van der Waals surface area contributed by atoms with Gasteiger partial charge in [0.15, 0.2) is 0 Å². The molecule has 2 aromatic rings. The Morgan fingerprint density at radius 3 is 1.08 bits per heavy atom. The van der Waals surface area contributed by atoms with E-state index < -0.39 is 0 Å². The molecule has 0 bridgehead atoms. The predicted octanol–water partition coefficient (Wildman–Crippen LogP) is 7.53. The molecule has 0 unspecified atom stereocenters. The minimum absolute atomic E-state index is 1.07. The topological polar surface area (TPSA) is 0 Å². The minimum atomic E-state index is 1.07. The summed E-state index contributed by atoms with van der Waals surface area (Å²) >= 11 is 0. The third kappa shape index (κ3) is 4.06. The predicted molar refractivity (Wildman–Crippen MR) is 108 cm³/mol. The summed E-state index contributed by atoms with van der Waals surface area (Å²) in [5.74, 6) is 0. The number of hydrogen-bond donors (Lipinski definition) is 0. The molecule has 0 atom stereocenters. The number of benzene rings is 2. The molecule has 0 aromatic heterocycles. The highest BCUT2D eigenvalue weighted by molar-refractivity contribution is 5.80. The first-order valence-electron chi connectivity index (χ1n) is 9.31. The van der Waals surface area contributed by atoms with Crippen LogP contribution in [0.25, 0.3) is 11.1 Å². The van der Waals surface area contributed by atoms with Crippen molar-refractivity contribution in [3.05, 3.63) is 82.9 Å². The molecule has 24 heavy (non-hydrogen) atoms. The molecule has 0 aliphatic heterocycles. The fraction of sp³-hybridized carbons (Fsp3) is 0.333. The summed E-state index contributed by atoms with van der Waals surface area (Å²) in [6, 6.07) is 21.8. The van der Waals surface area contributed by atoms with Gasteiger partial charge in [0.1, 0.15) is 0 Å². The SMILES string of the molecule is CCC(/C(CC)=C(\CC)c1ccccc1)=C(/CC)c1ccccc1. The standard InChI is InChI=1S/C24H30/c1-5-21(19-15-11-9-12-16-19)23(7-3)24(8-4)22(6-2)20-17-13-10-14-18-20/h9-18H,5-8H2,1-4H3/b23-21+,24-22+. The summed E-state index contributed by atoms with van der Waals surface area (Å²) in [5, 5.41) is 0. The van der Waals surface area contributed by atoms with E-state index in [1.165, 1.54) is 33.4 Å². The summed E-state index contributed by atoms with van der Waals surface area (Å²) in [6.07, 6.45) is 4.31. The van der Waals surface area contributed by atoms with Gasteiger partial charge in [-0.2, -0.15) is 0 Å². The zero-order valence-corrected chi connectivity index (χ0v) is 15.6. The molecule has 126 valence electrons. The maximum Gasteiger partial charge on any atom is -0.0222 e. The van der Waals surface area contributed by atoms with E-state index in [2.05, 4.69) is 88.4 Å². The fourth-order valence-electron chi connectivity index (χ4n) is 3.68. The molecular weight excluding hydrogens is 288 g/mol. The van der Waals surface area contributed by atoms with Crippen LogP contribution in [0.2, 0.25) is 0 Å². The van der Waals surface area contributed by atoms with Crippen LogP contribution in [0.5, 0.6) is 0 Å². The van der Waals surface area contributed by atoms with Crippen LogP contribution in [0.4, 0.5) is 0 Å². The van der Waals surface area contributed by atoms with E-state index in [4.69, 9.17) is 0 Å². The van der Waals surface area contributed by atoms with Gasteiger partial charge in [-0.25, -0.2) is 0 Å². The molecule has 0 saturated carbocycles. The van der Waals surface area contributed by atoms with Gasteiger partial charge in [-0.3, -0.25) is 0 Å². The molecular formula is C24H30. The summed E-state index contributed by atoms with van der Waals surface area (Å²) < 4.78 is 0. The van der Waals surface area contributed by atoms with Gasteiger partial charge in [0.2, 0.25) is 0 Å². The highest BCUT2D eigenvalue weighted by Gasteiger charge is 2.14. The Hall–Kier alpha value is -2.08. The minimum Gasteiger partial charge on any atom is -0.0622 e. The van der Waals surface area contributed by atoms with Crippen LogP contribution in [0.15, 0.2) is 71.8 Å². The van der Waals surface area contributed by atoms with E-state index in [1.54, 1.807) is 0 Å². The fourth-order valence-corrected chi connectivity index (χ4v) is 3.68. The second-order valence-corrected chi connectivity index (χ2v) is 6.06. The van der Waals surface area contributed by atoms with Crippen molar-refractivity contribution >= 4 is 11.1 Å². The monoisotopic (exact) mass is 318 g/mol. The van der Waals surface area contributed by atoms with Gasteiger partial charge in [-0.1, -0.05) is 88.4 Å². The molecule has 0 aliphatic rings. The van der Waals surface area contributed by atoms with Crippen molar-refractivity contribution in [1.82, 2.24) is 0 Å². The van der Waals surface area contributed by atoms with E-state index in [0.717, 1.165) is 25.7 Å². The van der Waals surface area contributed by atoms with Gasteiger partial charge in [0.05, 0.1) is 0 Å². The number of rotatable bonds is 7. The second-order valence-electron chi connectivity index (χ2n) is 6.06. The molecule has 0 fully saturated rings. The zero-order chi connectivity index (χ0) is 17.4. The summed E-state index contributed by atoms with van der Waals surface area (Å²) in [7, 11) is 0. The van der Waals surface area contributed by atoms with Crippen LogP contribution in [-0.2, 0) is 0 Å². The summed E-state index contributed by atoms with van der Waals surface area (Å²) in [4.78, 5) is 0. The molecule has 0 amide bonds. The molecule has 0 aliphatic carbocycles. The molecule has 0 heteroatoms. The Balaban J connectivity index is 2.68. The van der Waals surface area contributed by atoms with E-state index in [9.17, 15) is 0 Å². The van der Waals surface area contributed by atoms with Crippen LogP contribution in [0.3, 0.4) is 0 Å². The summed E-state index contributed by atoms with van der Waals surface area (Å²) in [5.41, 5.74) is 8.80. The van der Waals surface area contributed by atoms with Gasteiger partial charge >= 0.3 is 0 Å². The van der Waals surface area contributed by atoms with Crippen molar-refractivity contribution in [2.75, 3.05) is 0 Å². The van der Waals surface area contributed by atoms with Crippen LogP contribution in [-0.4, -0.2) is 0 Å². The molecule has 0 saturated heterocycles. The molecule has 2 aromatic carbocycles. The Labute approximate surface area is 147 Å². The second kappa shape index (κ2) is 9.27. The molecule has 0 radical (unpaired) electrons. The van der Waals surface area contributed by atoms with E-state index in [1.807, 2.05) is 0 Å². The van der Waals surface area contributed by atoms with Gasteiger partial charge < -0.3 is 0 Å². The highest BCUT2D eigenvalue weighted by Crippen LogP contribution is 2.36. The first-order chi connectivity index (χ1) is 11.8. The van der Waals surface area contributed by atoms with Crippen molar-refractivity contribution in [2.24, 2.45) is 0 Å². The highest BCUT2D eigenvalue weighted by atomic mass is 14.2. The largest absolute Gasteiger partial charge is 0.0622 e. The van der Waals surface area contributed by atoms with Gasteiger partial charge in [0.25, 0.3) is 0 Å². The third-order valence-electron chi connectivity index (χ3n) is 4.75. The maximum atomic E-state index is 2.29. The van der Waals surface area contributed by atoms with Crippen molar-refractivity contribution in [1.29, 1.82) is 0 Å². The van der Waals surface area contributed by atoms with E-state index in [-0.39, 0.29) is 0 Å². The first-order valence-corrected chi connectivity index (χ1v) is 9.31. The van der Waals surface area contributed by atoms with Gasteiger partial charge in [-0.15, -0.1) is 0 Å². The maximum absolute atomic E-state index is 2.29. The van der Waals surface area contributed by atoms with Crippen LogP contribution >= 0.6 is 0 Å². The number of hydrogen-bond acceptors (Lipinski definition) is 0. The number of allylic oxidation sites excluding steroid dienone is 4. The Morgan fingerprint density at radius 2 is 0.833 bits per heavy atom. The van der Waals surface area contributed by atoms with Crippen LogP contribution in [0, 0.1) is 0 Å². The lowest BCUT2D eigenvalue weighted by molar-refractivity contribution is 1.00. The normalized spacial score (nSPS) is 13.3. The van der Waals surface area contributed by atoms with Crippen LogP contribution in [0.1, 0.15) is 64.5 Å². The molecule has 0 N–H and O–H groups in total. The molecule has 0 heterocycles. The van der Waals surface area contributed by atoms with Gasteiger partial charge in [0, 0.05) is 0 Å². The molecule has 0 nitrogen and oxygen atoms in total. The molecule has 0 spiro atoms. The Morgan fingerprint density at radius 1 is 0.500 bits per heavy atom. The van der Waals surface area contributed by atoms with Crippen molar-refractivity contribution in [3.63, 3.8) is 0 Å². The lowest BCUT2D eigenvalue weighted by Crippen LogP contribution is -1.99. The van der Waals surface area contributed by atoms with E-state index in [0.29, 0.717) is 0 Å². The third-order valence-corrected chi connectivity index (χ3v) is 4.75. The average Bonchev–Trinajstić information content (AvgIpc) is 2.66. The van der Waals surface area contributed by atoms with Crippen molar-refractivity contribution < 1.29 is 0 Å². The smallest absolute Gasteiger partial charge is 0.0222 e. The van der Waals surface area contributed by atoms with Gasteiger partial charge in [-0.05, 0) is 59.1 Å². The molecule has 2 rings (SSSR count). The van der Waals surface area contributed by atoms with Crippen LogP contribution < -0.4 is 0 Å². The Bertz CT molecular complexity index is 624. The Kier molecular flexibility index (Phi) is 7.06.